The molecule has 0 aliphatic rings. The number of thioether (sulfide) groups is 1. The molecule has 4 nitrogen and oxygen atoms in total. The number of nitriles is 1. The highest BCUT2D eigenvalue weighted by atomic mass is 32.2. The Morgan fingerprint density at radius 3 is 2.32 bits per heavy atom. The van der Waals surface area contributed by atoms with Gasteiger partial charge in [0.25, 0.3) is 5.91 Å². The minimum atomic E-state index is -4.38. The van der Waals surface area contributed by atoms with E-state index in [2.05, 4.69) is 11.4 Å². The third-order valence-corrected chi connectivity index (χ3v) is 4.96. The largest absolute Gasteiger partial charge is 0.489 e. The van der Waals surface area contributed by atoms with Gasteiger partial charge in [-0.2, -0.15) is 18.4 Å². The summed E-state index contributed by atoms with van der Waals surface area (Å²) in [4.78, 5) is 12.5. The molecule has 0 saturated carbocycles. The number of rotatable bonds is 7. The van der Waals surface area contributed by atoms with E-state index in [0.29, 0.717) is 17.9 Å². The minimum Gasteiger partial charge on any atom is -0.489 e. The van der Waals surface area contributed by atoms with Crippen molar-refractivity contribution in [3.8, 4) is 11.8 Å². The van der Waals surface area contributed by atoms with Crippen LogP contribution in [0.4, 0.5) is 18.9 Å². The van der Waals surface area contributed by atoms with E-state index in [0.717, 1.165) is 11.1 Å². The molecule has 0 atom stereocenters. The predicted octanol–water partition coefficient (Wildman–Crippen LogP) is 6.20. The number of hydrogen-bond donors (Lipinski definition) is 1. The molecule has 0 heterocycles. The van der Waals surface area contributed by atoms with E-state index in [1.54, 1.807) is 24.3 Å². The van der Waals surface area contributed by atoms with Crippen molar-refractivity contribution in [1.29, 1.82) is 5.26 Å². The summed E-state index contributed by atoms with van der Waals surface area (Å²) >= 11 is -0.229. The number of carbonyl (C=O) groups is 1. The number of anilines is 1. The van der Waals surface area contributed by atoms with Crippen LogP contribution in [0.5, 0.6) is 5.75 Å². The van der Waals surface area contributed by atoms with E-state index in [4.69, 9.17) is 10.00 Å². The number of nitrogens with one attached hydrogen (secondary N) is 1. The lowest BCUT2D eigenvalue weighted by atomic mass is 10.1. The van der Waals surface area contributed by atoms with Crippen molar-refractivity contribution in [2.45, 2.75) is 23.4 Å². The average Bonchev–Trinajstić information content (AvgIpc) is 2.74. The smallest absolute Gasteiger partial charge is 0.446 e. The molecular weight excluding hydrogens is 425 g/mol. The number of para-hydroxylation sites is 1. The molecule has 3 rings (SSSR count). The maximum Gasteiger partial charge on any atom is 0.446 e. The summed E-state index contributed by atoms with van der Waals surface area (Å²) in [5, 5.41) is 11.5. The second-order valence-electron chi connectivity index (χ2n) is 6.45. The lowest BCUT2D eigenvalue weighted by Gasteiger charge is -2.13. The van der Waals surface area contributed by atoms with Gasteiger partial charge < -0.3 is 10.1 Å². The van der Waals surface area contributed by atoms with Crippen molar-refractivity contribution in [3.63, 3.8) is 0 Å². The van der Waals surface area contributed by atoms with Gasteiger partial charge in [-0.1, -0.05) is 30.3 Å². The average molecular weight is 442 g/mol. The lowest BCUT2D eigenvalue weighted by Crippen LogP contribution is -2.14. The number of nitrogens with zero attached hydrogens (tertiary/aromatic N) is 1. The molecule has 3 aromatic rings. The topological polar surface area (TPSA) is 62.1 Å². The Morgan fingerprint density at radius 1 is 1.00 bits per heavy atom. The lowest BCUT2D eigenvalue weighted by molar-refractivity contribution is -0.0328. The molecule has 0 saturated heterocycles. The van der Waals surface area contributed by atoms with Gasteiger partial charge >= 0.3 is 5.51 Å². The summed E-state index contributed by atoms with van der Waals surface area (Å²) < 4.78 is 43.1. The first-order valence-corrected chi connectivity index (χ1v) is 9.99. The van der Waals surface area contributed by atoms with E-state index in [9.17, 15) is 18.0 Å². The molecule has 1 amide bonds. The van der Waals surface area contributed by atoms with Crippen LogP contribution in [-0.2, 0) is 13.0 Å². The van der Waals surface area contributed by atoms with Gasteiger partial charge in [-0.05, 0) is 59.8 Å². The molecule has 0 unspecified atom stereocenters. The second kappa shape index (κ2) is 10.0. The molecule has 3 aromatic carbocycles. The van der Waals surface area contributed by atoms with Gasteiger partial charge in [-0.25, -0.2) is 0 Å². The molecule has 158 valence electrons. The van der Waals surface area contributed by atoms with E-state index < -0.39 is 11.4 Å². The van der Waals surface area contributed by atoms with Crippen molar-refractivity contribution in [2.24, 2.45) is 0 Å². The molecular formula is C23H17F3N2O2S. The van der Waals surface area contributed by atoms with Crippen molar-refractivity contribution < 1.29 is 22.7 Å². The molecule has 0 radical (unpaired) electrons. The molecule has 0 spiro atoms. The maximum absolute atomic E-state index is 12.5. The van der Waals surface area contributed by atoms with Gasteiger partial charge in [0.1, 0.15) is 12.4 Å². The van der Waals surface area contributed by atoms with Crippen molar-refractivity contribution in [2.75, 3.05) is 5.32 Å². The normalized spacial score (nSPS) is 10.9. The maximum atomic E-state index is 12.5. The van der Waals surface area contributed by atoms with Crippen LogP contribution in [-0.4, -0.2) is 11.4 Å². The molecule has 0 bridgehead atoms. The molecule has 0 aliphatic heterocycles. The highest BCUT2D eigenvalue weighted by molar-refractivity contribution is 8.00. The standard InChI is InChI=1S/C23H17F3N2O2S/c24-23(25,26)31-20-11-7-17(8-12-20)22(29)28-21-4-2-1-3-18(21)15-30-19-9-5-16(6-10-19)13-14-27/h1-12H,13,15H2,(H,28,29). The Kier molecular flexibility index (Phi) is 7.21. The fourth-order valence-electron chi connectivity index (χ4n) is 2.73. The van der Waals surface area contributed by atoms with Crippen LogP contribution in [0.1, 0.15) is 21.5 Å². The Hall–Kier alpha value is -3.44. The first kappa shape index (κ1) is 22.2. The summed E-state index contributed by atoms with van der Waals surface area (Å²) in [5.41, 5.74) is -1.96. The van der Waals surface area contributed by atoms with E-state index in [1.807, 2.05) is 24.3 Å². The van der Waals surface area contributed by atoms with Gasteiger partial charge in [0.2, 0.25) is 0 Å². The van der Waals surface area contributed by atoms with Gasteiger partial charge in [0.05, 0.1) is 12.5 Å². The summed E-state index contributed by atoms with van der Waals surface area (Å²) in [5.74, 6) is 0.192. The number of carbonyl (C=O) groups excluding carboxylic acids is 1. The third-order valence-electron chi connectivity index (χ3n) is 4.22. The Bertz CT molecular complexity index is 1080. The zero-order chi connectivity index (χ0) is 22.3. The first-order chi connectivity index (χ1) is 14.8. The Morgan fingerprint density at radius 2 is 1.68 bits per heavy atom. The van der Waals surface area contributed by atoms with Crippen LogP contribution < -0.4 is 10.1 Å². The number of amides is 1. The van der Waals surface area contributed by atoms with Crippen LogP contribution in [0.25, 0.3) is 0 Å². The van der Waals surface area contributed by atoms with Crippen LogP contribution >= 0.6 is 11.8 Å². The SMILES string of the molecule is N#CCc1ccc(OCc2ccccc2NC(=O)c2ccc(SC(F)(F)F)cc2)cc1. The monoisotopic (exact) mass is 442 g/mol. The second-order valence-corrected chi connectivity index (χ2v) is 7.59. The van der Waals surface area contributed by atoms with Gasteiger partial charge in [0, 0.05) is 21.7 Å². The van der Waals surface area contributed by atoms with Crippen LogP contribution in [0, 0.1) is 11.3 Å². The van der Waals surface area contributed by atoms with Gasteiger partial charge in [0.15, 0.2) is 0 Å². The van der Waals surface area contributed by atoms with Crippen molar-refractivity contribution >= 4 is 23.4 Å². The number of alkyl halides is 3. The molecule has 0 fully saturated rings. The molecule has 0 aliphatic carbocycles. The number of halogens is 3. The zero-order valence-corrected chi connectivity index (χ0v) is 17.0. The third kappa shape index (κ3) is 6.79. The first-order valence-electron chi connectivity index (χ1n) is 9.18. The number of hydrogen-bond acceptors (Lipinski definition) is 4. The van der Waals surface area contributed by atoms with E-state index in [1.165, 1.54) is 24.3 Å². The zero-order valence-electron chi connectivity index (χ0n) is 16.1. The van der Waals surface area contributed by atoms with Crippen LogP contribution in [0.2, 0.25) is 0 Å². The van der Waals surface area contributed by atoms with E-state index >= 15 is 0 Å². The summed E-state index contributed by atoms with van der Waals surface area (Å²) in [6.07, 6.45) is 0.324. The summed E-state index contributed by atoms with van der Waals surface area (Å²) in [6.45, 7) is 0.204. The highest BCUT2D eigenvalue weighted by Crippen LogP contribution is 2.36. The fraction of sp³-hybridized carbons (Fsp3) is 0.130. The quantitative estimate of drug-likeness (QED) is 0.443. The van der Waals surface area contributed by atoms with Crippen LogP contribution in [0.3, 0.4) is 0 Å². The predicted molar refractivity (Wildman–Crippen MR) is 113 cm³/mol. The van der Waals surface area contributed by atoms with Gasteiger partial charge in [-0.15, -0.1) is 0 Å². The minimum absolute atomic E-state index is 0.0126. The Labute approximate surface area is 181 Å². The summed E-state index contributed by atoms with van der Waals surface area (Å²) in [6, 6.07) is 21.6. The van der Waals surface area contributed by atoms with Crippen molar-refractivity contribution in [3.05, 3.63) is 89.5 Å². The van der Waals surface area contributed by atoms with Crippen LogP contribution in [0.15, 0.2) is 77.7 Å². The molecule has 8 heteroatoms. The van der Waals surface area contributed by atoms with Gasteiger partial charge in [-0.3, -0.25) is 4.79 Å². The Balaban J connectivity index is 1.64. The van der Waals surface area contributed by atoms with E-state index in [-0.39, 0.29) is 28.8 Å². The highest BCUT2D eigenvalue weighted by Gasteiger charge is 2.29. The number of ether oxygens (including phenoxy) is 1. The van der Waals surface area contributed by atoms with Crippen molar-refractivity contribution in [1.82, 2.24) is 0 Å². The molecule has 31 heavy (non-hydrogen) atoms. The summed E-state index contributed by atoms with van der Waals surface area (Å²) in [7, 11) is 0. The number of benzene rings is 3. The fourth-order valence-corrected chi connectivity index (χ4v) is 3.27. The molecule has 0 aromatic heterocycles. The molecule has 1 N–H and O–H groups in total.